The number of aryl methyl sites for hydroxylation is 2. The van der Waals surface area contributed by atoms with Crippen LogP contribution in [0.4, 0.5) is 0 Å². The molecule has 1 aliphatic rings. The van der Waals surface area contributed by atoms with E-state index in [1.54, 1.807) is 11.3 Å². The van der Waals surface area contributed by atoms with Crippen LogP contribution in [0, 0.1) is 18.8 Å². The molecule has 2 N–H and O–H groups in total. The maximum atomic E-state index is 10.4. The Morgan fingerprint density at radius 3 is 2.74 bits per heavy atom. The van der Waals surface area contributed by atoms with Crippen LogP contribution >= 0.6 is 27.3 Å². The van der Waals surface area contributed by atoms with Crippen LogP contribution in [-0.2, 0) is 6.42 Å². The predicted octanol–water partition coefficient (Wildman–Crippen LogP) is 5.98. The van der Waals surface area contributed by atoms with Crippen LogP contribution in [-0.4, -0.2) is 30.3 Å². The van der Waals surface area contributed by atoms with Crippen molar-refractivity contribution in [3.8, 4) is 0 Å². The Kier molecular flexibility index (Phi) is 10.1. The normalized spacial score (nSPS) is 26.9. The molecule has 1 aromatic rings. The van der Waals surface area contributed by atoms with Gasteiger partial charge in [0, 0.05) is 14.2 Å². The molecule has 1 aliphatic carbocycles. The highest BCUT2D eigenvalue weighted by Crippen LogP contribution is 2.43. The van der Waals surface area contributed by atoms with Gasteiger partial charge >= 0.3 is 0 Å². The number of aliphatic hydroxyl groups is 2. The second kappa shape index (κ2) is 11.8. The molecule has 150 valence electrons. The number of allylic oxidation sites excluding steroid dienone is 1. The molecule has 27 heavy (non-hydrogen) atoms. The van der Waals surface area contributed by atoms with Crippen molar-refractivity contribution >= 4 is 35.1 Å². The summed E-state index contributed by atoms with van der Waals surface area (Å²) in [6.45, 7) is 4.33. The highest BCUT2D eigenvalue weighted by Gasteiger charge is 2.37. The summed E-state index contributed by atoms with van der Waals surface area (Å²) >= 11 is 5.33. The fraction of sp³-hybridized carbons (Fsp3) is 0.727. The molecule has 2 unspecified atom stereocenters. The third-order valence-corrected chi connectivity index (χ3v) is 7.98. The molecule has 1 aromatic heterocycles. The summed E-state index contributed by atoms with van der Waals surface area (Å²) in [5.74, 6) is 0.417. The Labute approximate surface area is 179 Å². The summed E-state index contributed by atoms with van der Waals surface area (Å²) in [4.78, 5) is 2.58. The van der Waals surface area contributed by atoms with Crippen LogP contribution < -0.4 is 0 Å². The van der Waals surface area contributed by atoms with E-state index >= 15 is 0 Å². The summed E-state index contributed by atoms with van der Waals surface area (Å²) in [7, 11) is 6.29. The summed E-state index contributed by atoms with van der Waals surface area (Å²) in [5.41, 5.74) is 0. The van der Waals surface area contributed by atoms with Crippen LogP contribution in [0.1, 0.15) is 68.0 Å². The number of thiophene rings is 1. The van der Waals surface area contributed by atoms with Gasteiger partial charge < -0.3 is 10.2 Å². The van der Waals surface area contributed by atoms with Crippen LogP contribution in [0.15, 0.2) is 22.7 Å². The SMILES string of the molecule is [B][C@@H]1CC(O)[C@H](CCCCCCC)[C@H]1/C=C/C(O)CCc1cc(Br)c(C)s1. The molecule has 0 aromatic carbocycles. The zero-order valence-corrected chi connectivity index (χ0v) is 19.1. The van der Waals surface area contributed by atoms with Gasteiger partial charge in [-0.25, -0.2) is 0 Å². The van der Waals surface area contributed by atoms with Crippen molar-refractivity contribution in [1.29, 1.82) is 0 Å². The lowest BCUT2D eigenvalue weighted by atomic mass is 9.75. The molecule has 0 spiro atoms. The van der Waals surface area contributed by atoms with Gasteiger partial charge in [0.2, 0.25) is 0 Å². The highest BCUT2D eigenvalue weighted by molar-refractivity contribution is 9.10. The molecular weight excluding hydrogens is 419 g/mol. The Hall–Kier alpha value is -0.0951. The van der Waals surface area contributed by atoms with Gasteiger partial charge in [-0.3, -0.25) is 0 Å². The topological polar surface area (TPSA) is 40.5 Å². The molecule has 5 heteroatoms. The molecule has 0 aliphatic heterocycles. The van der Waals surface area contributed by atoms with E-state index in [1.165, 1.54) is 35.4 Å². The lowest BCUT2D eigenvalue weighted by Crippen LogP contribution is -2.19. The standard InChI is InChI=1S/C22H34BBrO2S/c1-3-4-5-6-7-8-19-18(20(23)14-22(19)26)12-10-16(25)9-11-17-13-21(24)15(2)27-17/h10,12-13,16,18-20,22,25-26H,3-9,11,14H2,1-2H3/b12-10+/t16?,18-,19-,20-,22?/m1/s1. The van der Waals surface area contributed by atoms with Gasteiger partial charge in [-0.15, -0.1) is 11.3 Å². The molecule has 2 radical (unpaired) electrons. The number of unbranched alkanes of at least 4 members (excludes halogenated alkanes) is 4. The molecule has 0 amide bonds. The first-order chi connectivity index (χ1) is 12.9. The van der Waals surface area contributed by atoms with Crippen molar-refractivity contribution in [1.82, 2.24) is 0 Å². The third-order valence-electron chi connectivity index (χ3n) is 5.79. The minimum Gasteiger partial charge on any atom is -0.393 e. The maximum Gasteiger partial charge on any atom is 0.0724 e. The molecule has 1 saturated carbocycles. The first-order valence-corrected chi connectivity index (χ1v) is 12.1. The van der Waals surface area contributed by atoms with E-state index in [1.807, 2.05) is 6.08 Å². The van der Waals surface area contributed by atoms with E-state index in [4.69, 9.17) is 7.85 Å². The summed E-state index contributed by atoms with van der Waals surface area (Å²) in [6.07, 6.45) is 12.8. The second-order valence-corrected chi connectivity index (χ2v) is 10.2. The minimum absolute atomic E-state index is 0.00000672. The number of halogens is 1. The first-order valence-electron chi connectivity index (χ1n) is 10.5. The van der Waals surface area contributed by atoms with Crippen molar-refractivity contribution in [2.75, 3.05) is 0 Å². The smallest absolute Gasteiger partial charge is 0.0724 e. The monoisotopic (exact) mass is 452 g/mol. The fourth-order valence-corrected chi connectivity index (χ4v) is 5.74. The molecule has 2 nitrogen and oxygen atoms in total. The average molecular weight is 453 g/mol. The molecule has 0 bridgehead atoms. The van der Waals surface area contributed by atoms with E-state index in [0.717, 1.165) is 30.2 Å². The van der Waals surface area contributed by atoms with Gasteiger partial charge in [0.1, 0.15) is 0 Å². The largest absolute Gasteiger partial charge is 0.393 e. The van der Waals surface area contributed by atoms with E-state index in [2.05, 4.69) is 41.9 Å². The molecule has 1 fully saturated rings. The van der Waals surface area contributed by atoms with Gasteiger partial charge in [0.05, 0.1) is 20.1 Å². The lowest BCUT2D eigenvalue weighted by molar-refractivity contribution is 0.116. The Morgan fingerprint density at radius 1 is 1.33 bits per heavy atom. The number of hydrogen-bond acceptors (Lipinski definition) is 3. The Balaban J connectivity index is 1.82. The zero-order valence-electron chi connectivity index (χ0n) is 16.7. The second-order valence-electron chi connectivity index (χ2n) is 8.02. The van der Waals surface area contributed by atoms with Crippen molar-refractivity contribution in [3.05, 3.63) is 32.4 Å². The van der Waals surface area contributed by atoms with E-state index in [0.29, 0.717) is 6.42 Å². The van der Waals surface area contributed by atoms with Gasteiger partial charge in [-0.2, -0.15) is 0 Å². The Bertz CT molecular complexity index is 569. The number of hydrogen-bond donors (Lipinski definition) is 2. The molecular formula is C22H34BBrO2S. The van der Waals surface area contributed by atoms with E-state index < -0.39 is 6.10 Å². The van der Waals surface area contributed by atoms with Crippen molar-refractivity contribution in [2.45, 2.75) is 89.7 Å². The van der Waals surface area contributed by atoms with E-state index in [-0.39, 0.29) is 23.8 Å². The van der Waals surface area contributed by atoms with Gasteiger partial charge in [-0.05, 0) is 66.4 Å². The van der Waals surface area contributed by atoms with Gasteiger partial charge in [-0.1, -0.05) is 57.0 Å². The predicted molar refractivity (Wildman–Crippen MR) is 121 cm³/mol. The summed E-state index contributed by atoms with van der Waals surface area (Å²) < 4.78 is 1.15. The minimum atomic E-state index is -0.457. The van der Waals surface area contributed by atoms with Crippen LogP contribution in [0.25, 0.3) is 0 Å². The van der Waals surface area contributed by atoms with Crippen LogP contribution in [0.3, 0.4) is 0 Å². The van der Waals surface area contributed by atoms with Gasteiger partial charge in [0.25, 0.3) is 0 Å². The summed E-state index contributed by atoms with van der Waals surface area (Å²) in [6, 6.07) is 2.15. The van der Waals surface area contributed by atoms with Crippen LogP contribution in [0.5, 0.6) is 0 Å². The lowest BCUT2D eigenvalue weighted by Gasteiger charge is -2.22. The average Bonchev–Trinajstić information content (AvgIpc) is 3.09. The van der Waals surface area contributed by atoms with Crippen LogP contribution in [0.2, 0.25) is 5.82 Å². The maximum absolute atomic E-state index is 10.4. The fourth-order valence-electron chi connectivity index (χ4n) is 4.12. The highest BCUT2D eigenvalue weighted by atomic mass is 79.9. The molecule has 1 heterocycles. The van der Waals surface area contributed by atoms with E-state index in [9.17, 15) is 10.2 Å². The molecule has 0 saturated heterocycles. The molecule has 2 rings (SSSR count). The first kappa shape index (κ1) is 23.2. The zero-order chi connectivity index (χ0) is 19.8. The van der Waals surface area contributed by atoms with Crippen molar-refractivity contribution in [2.24, 2.45) is 11.8 Å². The molecule has 5 atom stereocenters. The number of rotatable bonds is 11. The quantitative estimate of drug-likeness (QED) is 0.246. The van der Waals surface area contributed by atoms with Crippen molar-refractivity contribution in [3.63, 3.8) is 0 Å². The summed E-state index contributed by atoms with van der Waals surface area (Å²) in [5, 5.41) is 20.8. The van der Waals surface area contributed by atoms with Gasteiger partial charge in [0.15, 0.2) is 0 Å². The number of aliphatic hydroxyl groups excluding tert-OH is 2. The van der Waals surface area contributed by atoms with Crippen molar-refractivity contribution < 1.29 is 10.2 Å². The Morgan fingerprint density at radius 2 is 2.07 bits per heavy atom. The third kappa shape index (κ3) is 7.34.